The van der Waals surface area contributed by atoms with E-state index in [4.69, 9.17) is 4.74 Å². The molecule has 182 valence electrons. The van der Waals surface area contributed by atoms with Gasteiger partial charge in [-0.2, -0.15) is 0 Å². The summed E-state index contributed by atoms with van der Waals surface area (Å²) in [4.78, 5) is 40.9. The lowest BCUT2D eigenvalue weighted by Gasteiger charge is -2.35. The van der Waals surface area contributed by atoms with Crippen LogP contribution in [0.1, 0.15) is 42.3 Å². The lowest BCUT2D eigenvalue weighted by Crippen LogP contribution is -2.48. The number of amides is 4. The third kappa shape index (κ3) is 7.31. The quantitative estimate of drug-likeness (QED) is 0.626. The summed E-state index contributed by atoms with van der Waals surface area (Å²) in [5, 5.41) is 5.37. The minimum Gasteiger partial charge on any atom is -0.372 e. The van der Waals surface area contributed by atoms with Crippen molar-refractivity contribution in [2.75, 3.05) is 26.2 Å². The second-order valence-electron chi connectivity index (χ2n) is 8.59. The van der Waals surface area contributed by atoms with Crippen LogP contribution in [0.15, 0.2) is 54.6 Å². The molecule has 2 atom stereocenters. The highest BCUT2D eigenvalue weighted by Gasteiger charge is 2.26. The minimum atomic E-state index is -0.416. The van der Waals surface area contributed by atoms with Crippen molar-refractivity contribution in [1.29, 1.82) is 0 Å². The van der Waals surface area contributed by atoms with Crippen molar-refractivity contribution < 1.29 is 19.1 Å². The van der Waals surface area contributed by atoms with E-state index in [1.807, 2.05) is 68.1 Å². The number of carbonyl (C=O) groups is 3. The zero-order valence-corrected chi connectivity index (χ0v) is 20.1. The minimum absolute atomic E-state index is 0.0179. The third-order valence-corrected chi connectivity index (χ3v) is 5.71. The monoisotopic (exact) mass is 466 g/mol. The van der Waals surface area contributed by atoms with E-state index < -0.39 is 6.03 Å². The molecule has 1 saturated heterocycles. The van der Waals surface area contributed by atoms with Crippen LogP contribution in [0.3, 0.4) is 0 Å². The van der Waals surface area contributed by atoms with Gasteiger partial charge in [0, 0.05) is 38.3 Å². The first-order valence-electron chi connectivity index (χ1n) is 11.7. The molecular weight excluding hydrogens is 432 g/mol. The number of nitrogens with one attached hydrogen (secondary N) is 2. The van der Waals surface area contributed by atoms with Gasteiger partial charge in [0.25, 0.3) is 5.91 Å². The summed E-state index contributed by atoms with van der Waals surface area (Å²) in [6, 6.07) is 16.5. The van der Waals surface area contributed by atoms with Gasteiger partial charge >= 0.3 is 6.03 Å². The molecule has 2 aromatic carbocycles. The maximum absolute atomic E-state index is 12.8. The molecule has 1 heterocycles. The number of morpholine rings is 1. The van der Waals surface area contributed by atoms with Crippen molar-refractivity contribution in [2.45, 2.75) is 46.1 Å². The molecule has 0 aromatic heterocycles. The van der Waals surface area contributed by atoms with E-state index in [1.165, 1.54) is 0 Å². The topological polar surface area (TPSA) is 91.0 Å². The van der Waals surface area contributed by atoms with Crippen LogP contribution in [0.2, 0.25) is 0 Å². The lowest BCUT2D eigenvalue weighted by molar-refractivity contribution is -0.130. The Morgan fingerprint density at radius 3 is 2.21 bits per heavy atom. The molecule has 2 aromatic rings. The fourth-order valence-corrected chi connectivity index (χ4v) is 3.98. The van der Waals surface area contributed by atoms with E-state index in [1.54, 1.807) is 17.0 Å². The molecule has 0 saturated carbocycles. The Kier molecular flexibility index (Phi) is 9.04. The van der Waals surface area contributed by atoms with Gasteiger partial charge in [0.2, 0.25) is 5.91 Å². The Hall–Kier alpha value is -3.39. The van der Waals surface area contributed by atoms with E-state index in [2.05, 4.69) is 10.6 Å². The van der Waals surface area contributed by atoms with Gasteiger partial charge in [-0.05, 0) is 44.0 Å². The average molecular weight is 467 g/mol. The highest BCUT2D eigenvalue weighted by Crippen LogP contribution is 2.15. The van der Waals surface area contributed by atoms with Crippen LogP contribution in [0.5, 0.6) is 0 Å². The lowest BCUT2D eigenvalue weighted by atomic mass is 10.1. The normalized spacial score (nSPS) is 17.7. The summed E-state index contributed by atoms with van der Waals surface area (Å²) in [5.41, 5.74) is 2.51. The molecule has 3 rings (SSSR count). The van der Waals surface area contributed by atoms with Crippen LogP contribution in [-0.4, -0.2) is 66.0 Å². The molecule has 34 heavy (non-hydrogen) atoms. The Morgan fingerprint density at radius 1 is 0.941 bits per heavy atom. The van der Waals surface area contributed by atoms with Gasteiger partial charge in [0.15, 0.2) is 0 Å². The number of benzene rings is 2. The molecule has 8 heteroatoms. The Balaban J connectivity index is 1.43. The SMILES string of the molecule is CCN(Cc1ccccc1)C(=O)CNC(=O)NCc1ccc(C(=O)N2CC(C)OC(C)C2)cc1. The van der Waals surface area contributed by atoms with Crippen molar-refractivity contribution in [3.63, 3.8) is 0 Å². The van der Waals surface area contributed by atoms with Crippen LogP contribution in [0.4, 0.5) is 4.79 Å². The highest BCUT2D eigenvalue weighted by atomic mass is 16.5. The number of ether oxygens (including phenoxy) is 1. The molecule has 0 spiro atoms. The smallest absolute Gasteiger partial charge is 0.315 e. The predicted molar refractivity (Wildman–Crippen MR) is 130 cm³/mol. The second kappa shape index (κ2) is 12.2. The van der Waals surface area contributed by atoms with Gasteiger partial charge in [-0.3, -0.25) is 9.59 Å². The number of likely N-dealkylation sites (N-methyl/N-ethyl adjacent to an activating group) is 1. The number of hydrogen-bond acceptors (Lipinski definition) is 4. The van der Waals surface area contributed by atoms with Gasteiger partial charge in [-0.1, -0.05) is 42.5 Å². The number of hydrogen-bond donors (Lipinski definition) is 2. The van der Waals surface area contributed by atoms with Gasteiger partial charge < -0.3 is 25.2 Å². The largest absolute Gasteiger partial charge is 0.372 e. The number of carbonyl (C=O) groups excluding carboxylic acids is 3. The van der Waals surface area contributed by atoms with Crippen LogP contribution < -0.4 is 10.6 Å². The number of nitrogens with zero attached hydrogens (tertiary/aromatic N) is 2. The maximum Gasteiger partial charge on any atom is 0.315 e. The summed E-state index contributed by atoms with van der Waals surface area (Å²) >= 11 is 0. The molecule has 1 aliphatic heterocycles. The van der Waals surface area contributed by atoms with Gasteiger partial charge in [-0.25, -0.2) is 4.79 Å². The summed E-state index contributed by atoms with van der Waals surface area (Å²) in [6.07, 6.45) is 0.0358. The van der Waals surface area contributed by atoms with E-state index in [0.717, 1.165) is 11.1 Å². The Bertz CT molecular complexity index is 955. The van der Waals surface area contributed by atoms with Crippen molar-refractivity contribution in [1.82, 2.24) is 20.4 Å². The van der Waals surface area contributed by atoms with Crippen LogP contribution >= 0.6 is 0 Å². The van der Waals surface area contributed by atoms with Gasteiger partial charge in [-0.15, -0.1) is 0 Å². The molecule has 4 amide bonds. The van der Waals surface area contributed by atoms with E-state index in [-0.39, 0.29) is 30.6 Å². The Morgan fingerprint density at radius 2 is 1.59 bits per heavy atom. The van der Waals surface area contributed by atoms with Crippen LogP contribution in [0.25, 0.3) is 0 Å². The summed E-state index contributed by atoms with van der Waals surface area (Å²) < 4.78 is 5.69. The molecule has 1 fully saturated rings. The van der Waals surface area contributed by atoms with Crippen LogP contribution in [0, 0.1) is 0 Å². The van der Waals surface area contributed by atoms with Gasteiger partial charge in [0.1, 0.15) is 0 Å². The summed E-state index contributed by atoms with van der Waals surface area (Å²) in [6.45, 7) is 8.28. The zero-order valence-electron chi connectivity index (χ0n) is 20.1. The average Bonchev–Trinajstić information content (AvgIpc) is 2.84. The highest BCUT2D eigenvalue weighted by molar-refractivity contribution is 5.94. The van der Waals surface area contributed by atoms with E-state index in [0.29, 0.717) is 38.3 Å². The molecular formula is C26H34N4O4. The predicted octanol–water partition coefficient (Wildman–Crippen LogP) is 2.78. The fraction of sp³-hybridized carbons (Fsp3) is 0.423. The molecule has 0 bridgehead atoms. The first-order chi connectivity index (χ1) is 16.4. The number of rotatable bonds is 8. The van der Waals surface area contributed by atoms with E-state index in [9.17, 15) is 14.4 Å². The van der Waals surface area contributed by atoms with Crippen molar-refractivity contribution in [2.24, 2.45) is 0 Å². The van der Waals surface area contributed by atoms with E-state index >= 15 is 0 Å². The standard InChI is InChI=1S/C26H34N4O4/c1-4-29(18-22-8-6-5-7-9-22)24(31)15-28-26(33)27-14-21-10-12-23(13-11-21)25(32)30-16-19(2)34-20(3)17-30/h5-13,19-20H,4,14-18H2,1-3H3,(H2,27,28,33). The zero-order chi connectivity index (χ0) is 24.5. The summed E-state index contributed by atoms with van der Waals surface area (Å²) in [5.74, 6) is -0.162. The molecule has 2 unspecified atom stereocenters. The molecule has 1 aliphatic rings. The van der Waals surface area contributed by atoms with Gasteiger partial charge in [0.05, 0.1) is 18.8 Å². The maximum atomic E-state index is 12.8. The first kappa shape index (κ1) is 25.2. The summed E-state index contributed by atoms with van der Waals surface area (Å²) in [7, 11) is 0. The fourth-order valence-electron chi connectivity index (χ4n) is 3.98. The molecule has 0 aliphatic carbocycles. The van der Waals surface area contributed by atoms with Crippen LogP contribution in [-0.2, 0) is 22.6 Å². The Labute approximate surface area is 201 Å². The van der Waals surface area contributed by atoms with Crippen molar-refractivity contribution in [3.8, 4) is 0 Å². The third-order valence-electron chi connectivity index (χ3n) is 5.71. The van der Waals surface area contributed by atoms with Crippen molar-refractivity contribution >= 4 is 17.8 Å². The number of urea groups is 1. The first-order valence-corrected chi connectivity index (χ1v) is 11.7. The second-order valence-corrected chi connectivity index (χ2v) is 8.59. The van der Waals surface area contributed by atoms with Crippen molar-refractivity contribution in [3.05, 3.63) is 71.3 Å². The molecule has 8 nitrogen and oxygen atoms in total. The molecule has 2 N–H and O–H groups in total. The molecule has 0 radical (unpaired) electrons.